The summed E-state index contributed by atoms with van der Waals surface area (Å²) in [5.41, 5.74) is 0.803. The normalized spacial score (nSPS) is 13.4. The van der Waals surface area contributed by atoms with E-state index < -0.39 is 10.0 Å². The lowest BCUT2D eigenvalue weighted by Gasteiger charge is -2.07. The van der Waals surface area contributed by atoms with Gasteiger partial charge in [0.25, 0.3) is 0 Å². The highest BCUT2D eigenvalue weighted by molar-refractivity contribution is 9.09. The molecule has 0 aliphatic heterocycles. The molecule has 1 unspecified atom stereocenters. The van der Waals surface area contributed by atoms with Crippen molar-refractivity contribution in [2.45, 2.75) is 31.0 Å². The van der Waals surface area contributed by atoms with Crippen LogP contribution in [-0.4, -0.2) is 30.5 Å². The van der Waals surface area contributed by atoms with Crippen molar-refractivity contribution in [1.82, 2.24) is 9.71 Å². The van der Waals surface area contributed by atoms with Crippen LogP contribution in [0.2, 0.25) is 0 Å². The lowest BCUT2D eigenvalue weighted by Crippen LogP contribution is -2.28. The van der Waals surface area contributed by atoms with Crippen molar-refractivity contribution in [3.05, 3.63) is 30.1 Å². The van der Waals surface area contributed by atoms with Gasteiger partial charge in [-0.3, -0.25) is 4.98 Å². The molecular weight excluding hydrogens is 316 g/mol. The third-order valence-corrected chi connectivity index (χ3v) is 4.30. The second-order valence-electron chi connectivity index (χ2n) is 4.21. The molecule has 0 fully saturated rings. The first-order valence-corrected chi connectivity index (χ1v) is 8.58. The van der Waals surface area contributed by atoms with E-state index in [4.69, 9.17) is 0 Å². The zero-order valence-corrected chi connectivity index (χ0v) is 12.9. The molecule has 0 aromatic carbocycles. The molecule has 1 rings (SSSR count). The second-order valence-corrected chi connectivity index (χ2v) is 7.70. The number of nitrogens with one attached hydrogen (secondary N) is 1. The van der Waals surface area contributed by atoms with Gasteiger partial charge in [-0.25, -0.2) is 13.1 Å². The van der Waals surface area contributed by atoms with Crippen LogP contribution in [0.25, 0.3) is 0 Å². The molecule has 1 atom stereocenters. The van der Waals surface area contributed by atoms with Crippen molar-refractivity contribution in [2.24, 2.45) is 0 Å². The van der Waals surface area contributed by atoms with Crippen LogP contribution >= 0.6 is 15.9 Å². The Kier molecular flexibility index (Phi) is 6.81. The van der Waals surface area contributed by atoms with Crippen LogP contribution in [0, 0.1) is 0 Å². The maximum Gasteiger partial charge on any atom is 0.211 e. The molecule has 6 heteroatoms. The highest BCUT2D eigenvalue weighted by atomic mass is 79.9. The SMILES string of the molecule is CC(Br)CCCNS(=O)(=O)CCc1ccccn1. The summed E-state index contributed by atoms with van der Waals surface area (Å²) in [6.45, 7) is 2.55. The Hall–Kier alpha value is -0.460. The van der Waals surface area contributed by atoms with Crippen molar-refractivity contribution in [3.63, 3.8) is 0 Å². The number of alkyl halides is 1. The molecule has 0 bridgehead atoms. The molecule has 4 nitrogen and oxygen atoms in total. The van der Waals surface area contributed by atoms with Gasteiger partial charge in [-0.1, -0.05) is 28.9 Å². The highest BCUT2D eigenvalue weighted by Crippen LogP contribution is 2.05. The number of rotatable bonds is 8. The van der Waals surface area contributed by atoms with E-state index in [0.717, 1.165) is 18.5 Å². The first-order chi connectivity index (χ1) is 8.49. The Balaban J connectivity index is 2.28. The number of pyridine rings is 1. The Bertz CT molecular complexity index is 435. The minimum Gasteiger partial charge on any atom is -0.261 e. The summed E-state index contributed by atoms with van der Waals surface area (Å²) in [6, 6.07) is 5.51. The van der Waals surface area contributed by atoms with Crippen LogP contribution < -0.4 is 4.72 Å². The van der Waals surface area contributed by atoms with Gasteiger partial charge < -0.3 is 0 Å². The lowest BCUT2D eigenvalue weighted by atomic mass is 10.2. The molecule has 0 radical (unpaired) electrons. The van der Waals surface area contributed by atoms with Gasteiger partial charge in [0.15, 0.2) is 0 Å². The molecule has 1 heterocycles. The van der Waals surface area contributed by atoms with Crippen molar-refractivity contribution in [3.8, 4) is 0 Å². The summed E-state index contributed by atoms with van der Waals surface area (Å²) < 4.78 is 26.0. The van der Waals surface area contributed by atoms with Crippen LogP contribution in [0.5, 0.6) is 0 Å². The average molecular weight is 335 g/mol. The number of aromatic nitrogens is 1. The second kappa shape index (κ2) is 7.86. The van der Waals surface area contributed by atoms with Crippen LogP contribution in [0.15, 0.2) is 24.4 Å². The summed E-state index contributed by atoms with van der Waals surface area (Å²) in [6.07, 6.45) is 3.93. The smallest absolute Gasteiger partial charge is 0.211 e. The van der Waals surface area contributed by atoms with E-state index in [1.54, 1.807) is 6.20 Å². The molecule has 1 aromatic rings. The van der Waals surface area contributed by atoms with E-state index >= 15 is 0 Å². The van der Waals surface area contributed by atoms with Gasteiger partial charge in [0.2, 0.25) is 10.0 Å². The van der Waals surface area contributed by atoms with Crippen molar-refractivity contribution in [2.75, 3.05) is 12.3 Å². The molecule has 0 saturated carbocycles. The number of nitrogens with zero attached hydrogens (tertiary/aromatic N) is 1. The van der Waals surface area contributed by atoms with E-state index in [1.807, 2.05) is 18.2 Å². The predicted molar refractivity (Wildman–Crippen MR) is 77.4 cm³/mol. The Morgan fingerprint density at radius 2 is 2.22 bits per heavy atom. The van der Waals surface area contributed by atoms with Gasteiger partial charge in [0, 0.05) is 29.7 Å². The topological polar surface area (TPSA) is 59.1 Å². The Morgan fingerprint density at radius 1 is 1.44 bits per heavy atom. The van der Waals surface area contributed by atoms with Gasteiger partial charge in [0.05, 0.1) is 5.75 Å². The van der Waals surface area contributed by atoms with E-state index in [0.29, 0.717) is 17.8 Å². The van der Waals surface area contributed by atoms with Gasteiger partial charge in [-0.05, 0) is 25.0 Å². The lowest BCUT2D eigenvalue weighted by molar-refractivity contribution is 0.575. The summed E-state index contributed by atoms with van der Waals surface area (Å²) in [4.78, 5) is 4.53. The number of hydrogen-bond acceptors (Lipinski definition) is 3. The molecule has 1 N–H and O–H groups in total. The molecule has 1 aromatic heterocycles. The van der Waals surface area contributed by atoms with Crippen molar-refractivity contribution >= 4 is 26.0 Å². The van der Waals surface area contributed by atoms with Crippen molar-refractivity contribution < 1.29 is 8.42 Å². The van der Waals surface area contributed by atoms with Gasteiger partial charge in [0.1, 0.15) is 0 Å². The number of halogens is 1. The molecule has 0 spiro atoms. The summed E-state index contributed by atoms with van der Waals surface area (Å²) in [5, 5.41) is 0. The molecular formula is C12H19BrN2O2S. The third kappa shape index (κ3) is 7.08. The van der Waals surface area contributed by atoms with E-state index in [2.05, 4.69) is 32.6 Å². The molecule has 102 valence electrons. The molecule has 0 saturated heterocycles. The third-order valence-electron chi connectivity index (χ3n) is 2.45. The van der Waals surface area contributed by atoms with E-state index in [9.17, 15) is 8.42 Å². The Morgan fingerprint density at radius 3 is 2.83 bits per heavy atom. The minimum absolute atomic E-state index is 0.0912. The summed E-state index contributed by atoms with van der Waals surface area (Å²) in [5.74, 6) is 0.0912. The fraction of sp³-hybridized carbons (Fsp3) is 0.583. The zero-order chi connectivity index (χ0) is 13.4. The van der Waals surface area contributed by atoms with Crippen LogP contribution in [0.3, 0.4) is 0 Å². The molecule has 0 amide bonds. The quantitative estimate of drug-likeness (QED) is 0.585. The van der Waals surface area contributed by atoms with Crippen molar-refractivity contribution in [1.29, 1.82) is 0 Å². The fourth-order valence-corrected chi connectivity index (χ4v) is 2.87. The average Bonchev–Trinajstić information content (AvgIpc) is 2.34. The first-order valence-electron chi connectivity index (χ1n) is 6.01. The summed E-state index contributed by atoms with van der Waals surface area (Å²) >= 11 is 3.43. The van der Waals surface area contributed by atoms with Crippen LogP contribution in [0.1, 0.15) is 25.5 Å². The molecule has 0 aliphatic rings. The minimum atomic E-state index is -3.18. The largest absolute Gasteiger partial charge is 0.261 e. The summed E-state index contributed by atoms with van der Waals surface area (Å²) in [7, 11) is -3.18. The maximum atomic E-state index is 11.7. The van der Waals surface area contributed by atoms with E-state index in [-0.39, 0.29) is 5.75 Å². The first kappa shape index (κ1) is 15.6. The maximum absolute atomic E-state index is 11.7. The highest BCUT2D eigenvalue weighted by Gasteiger charge is 2.10. The fourth-order valence-electron chi connectivity index (χ4n) is 1.47. The number of hydrogen-bond donors (Lipinski definition) is 1. The Labute approximate surface area is 117 Å². The molecule has 0 aliphatic carbocycles. The standard InChI is InChI=1S/C12H19BrN2O2S/c1-11(13)5-4-9-15-18(16,17)10-7-12-6-2-3-8-14-12/h2-3,6,8,11,15H,4-5,7,9-10H2,1H3. The number of sulfonamides is 1. The molecule has 18 heavy (non-hydrogen) atoms. The zero-order valence-electron chi connectivity index (χ0n) is 10.5. The van der Waals surface area contributed by atoms with Gasteiger partial charge in [-0.15, -0.1) is 0 Å². The van der Waals surface area contributed by atoms with Gasteiger partial charge in [-0.2, -0.15) is 0 Å². The number of aryl methyl sites for hydroxylation is 1. The van der Waals surface area contributed by atoms with Gasteiger partial charge >= 0.3 is 0 Å². The van der Waals surface area contributed by atoms with E-state index in [1.165, 1.54) is 0 Å². The van der Waals surface area contributed by atoms with Crippen LogP contribution in [0.4, 0.5) is 0 Å². The predicted octanol–water partition coefficient (Wildman–Crippen LogP) is 2.11. The monoisotopic (exact) mass is 334 g/mol. The van der Waals surface area contributed by atoms with Crippen LogP contribution in [-0.2, 0) is 16.4 Å².